The lowest BCUT2D eigenvalue weighted by Crippen LogP contribution is -2.19. The Morgan fingerprint density at radius 1 is 1.28 bits per heavy atom. The van der Waals surface area contributed by atoms with Crippen molar-refractivity contribution in [2.45, 2.75) is 51.1 Å². The maximum absolute atomic E-state index is 3.58. The molecule has 1 aromatic rings. The Morgan fingerprint density at radius 3 is 2.83 bits per heavy atom. The molecule has 0 aliphatic heterocycles. The zero-order valence-corrected chi connectivity index (χ0v) is 12.3. The first-order valence-electron chi connectivity index (χ1n) is 7.29. The molecule has 1 aliphatic carbocycles. The topological polar surface area (TPSA) is 15.3 Å². The summed E-state index contributed by atoms with van der Waals surface area (Å²) >= 11 is 1.86. The van der Waals surface area contributed by atoms with E-state index in [-0.39, 0.29) is 0 Å². The Labute approximate surface area is 115 Å². The zero-order valence-electron chi connectivity index (χ0n) is 11.5. The third-order valence-corrected chi connectivity index (χ3v) is 4.34. The first-order valence-corrected chi connectivity index (χ1v) is 8.17. The van der Waals surface area contributed by atoms with Crippen LogP contribution in [-0.4, -0.2) is 31.1 Å². The highest BCUT2D eigenvalue weighted by atomic mass is 32.1. The fraction of sp³-hybridized carbons (Fsp3) is 0.733. The van der Waals surface area contributed by atoms with Gasteiger partial charge in [0.15, 0.2) is 0 Å². The Hall–Kier alpha value is -0.380. The van der Waals surface area contributed by atoms with E-state index in [4.69, 9.17) is 0 Å². The van der Waals surface area contributed by atoms with Crippen molar-refractivity contribution in [1.82, 2.24) is 10.2 Å². The van der Waals surface area contributed by atoms with E-state index in [0.29, 0.717) is 0 Å². The lowest BCUT2D eigenvalue weighted by Gasteiger charge is -2.15. The number of hydrogen-bond donors (Lipinski definition) is 1. The van der Waals surface area contributed by atoms with Gasteiger partial charge in [0.1, 0.15) is 0 Å². The van der Waals surface area contributed by atoms with Gasteiger partial charge < -0.3 is 10.2 Å². The summed E-state index contributed by atoms with van der Waals surface area (Å²) in [5.41, 5.74) is 0. The maximum atomic E-state index is 3.58. The van der Waals surface area contributed by atoms with Crippen LogP contribution in [0.3, 0.4) is 0 Å². The molecular weight excluding hydrogens is 240 g/mol. The molecule has 3 heteroatoms. The summed E-state index contributed by atoms with van der Waals surface area (Å²) in [7, 11) is 2.23. The van der Waals surface area contributed by atoms with E-state index >= 15 is 0 Å². The van der Waals surface area contributed by atoms with Crippen molar-refractivity contribution < 1.29 is 0 Å². The molecule has 1 fully saturated rings. The van der Waals surface area contributed by atoms with Crippen LogP contribution in [0.5, 0.6) is 0 Å². The fourth-order valence-electron chi connectivity index (χ4n) is 2.20. The van der Waals surface area contributed by atoms with E-state index in [9.17, 15) is 0 Å². The van der Waals surface area contributed by atoms with Crippen LogP contribution in [0.15, 0.2) is 17.5 Å². The molecule has 1 heterocycles. The predicted molar refractivity (Wildman–Crippen MR) is 80.1 cm³/mol. The second kappa shape index (κ2) is 7.93. The van der Waals surface area contributed by atoms with Gasteiger partial charge in [0.25, 0.3) is 0 Å². The third kappa shape index (κ3) is 5.98. The molecule has 18 heavy (non-hydrogen) atoms. The van der Waals surface area contributed by atoms with Crippen molar-refractivity contribution in [2.24, 2.45) is 0 Å². The molecule has 1 N–H and O–H groups in total. The smallest absolute Gasteiger partial charge is 0.0324 e. The van der Waals surface area contributed by atoms with Gasteiger partial charge in [-0.3, -0.25) is 0 Å². The molecule has 102 valence electrons. The monoisotopic (exact) mass is 266 g/mol. The molecule has 0 bridgehead atoms. The van der Waals surface area contributed by atoms with Crippen LogP contribution >= 0.6 is 11.3 Å². The van der Waals surface area contributed by atoms with Gasteiger partial charge in [-0.2, -0.15) is 0 Å². The standard InChI is InChI=1S/C15H26N2S/c1-17(13-15-7-6-12-18-15)11-5-3-2-4-10-16-14-8-9-14/h6-7,12,14,16H,2-5,8-11,13H2,1H3. The third-order valence-electron chi connectivity index (χ3n) is 3.48. The van der Waals surface area contributed by atoms with Crippen molar-refractivity contribution in [2.75, 3.05) is 20.1 Å². The number of rotatable bonds is 10. The van der Waals surface area contributed by atoms with Crippen molar-refractivity contribution in [3.8, 4) is 0 Å². The number of thiophene rings is 1. The van der Waals surface area contributed by atoms with Crippen molar-refractivity contribution >= 4 is 11.3 Å². The van der Waals surface area contributed by atoms with Gasteiger partial charge in [-0.25, -0.2) is 0 Å². The van der Waals surface area contributed by atoms with Gasteiger partial charge in [0, 0.05) is 17.5 Å². The van der Waals surface area contributed by atoms with Crippen LogP contribution in [0.25, 0.3) is 0 Å². The van der Waals surface area contributed by atoms with Gasteiger partial charge in [0.2, 0.25) is 0 Å². The molecule has 1 saturated carbocycles. The van der Waals surface area contributed by atoms with Gasteiger partial charge in [-0.1, -0.05) is 18.9 Å². The number of nitrogens with zero attached hydrogens (tertiary/aromatic N) is 1. The van der Waals surface area contributed by atoms with Crippen LogP contribution in [0.4, 0.5) is 0 Å². The van der Waals surface area contributed by atoms with E-state index in [1.807, 2.05) is 11.3 Å². The average Bonchev–Trinajstić information content (AvgIpc) is 3.04. The van der Waals surface area contributed by atoms with E-state index in [0.717, 1.165) is 12.6 Å². The molecule has 0 amide bonds. The highest BCUT2D eigenvalue weighted by Gasteiger charge is 2.19. The lowest BCUT2D eigenvalue weighted by atomic mass is 10.2. The van der Waals surface area contributed by atoms with Crippen molar-refractivity contribution in [1.29, 1.82) is 0 Å². The van der Waals surface area contributed by atoms with Crippen LogP contribution in [0.1, 0.15) is 43.4 Å². The summed E-state index contributed by atoms with van der Waals surface area (Å²) in [6, 6.07) is 5.24. The van der Waals surface area contributed by atoms with Gasteiger partial charge in [-0.05, 0) is 57.3 Å². The summed E-state index contributed by atoms with van der Waals surface area (Å²) in [5, 5.41) is 5.74. The number of unbranched alkanes of at least 4 members (excludes halogenated alkanes) is 3. The first kappa shape index (κ1) is 14.0. The second-order valence-electron chi connectivity index (χ2n) is 5.46. The van der Waals surface area contributed by atoms with Gasteiger partial charge in [0.05, 0.1) is 0 Å². The number of hydrogen-bond acceptors (Lipinski definition) is 3. The number of nitrogens with one attached hydrogen (secondary N) is 1. The molecule has 2 nitrogen and oxygen atoms in total. The molecule has 0 saturated heterocycles. The van der Waals surface area contributed by atoms with Crippen molar-refractivity contribution in [3.05, 3.63) is 22.4 Å². The zero-order chi connectivity index (χ0) is 12.6. The van der Waals surface area contributed by atoms with E-state index in [1.54, 1.807) is 0 Å². The minimum Gasteiger partial charge on any atom is -0.314 e. The van der Waals surface area contributed by atoms with Crippen LogP contribution in [0, 0.1) is 0 Å². The summed E-state index contributed by atoms with van der Waals surface area (Å²) in [4.78, 5) is 3.92. The highest BCUT2D eigenvalue weighted by Crippen LogP contribution is 2.18. The predicted octanol–water partition coefficient (Wildman–Crippen LogP) is 3.49. The summed E-state index contributed by atoms with van der Waals surface area (Å²) < 4.78 is 0. The van der Waals surface area contributed by atoms with E-state index < -0.39 is 0 Å². The minimum absolute atomic E-state index is 0.877. The molecule has 0 aromatic carbocycles. The molecule has 0 atom stereocenters. The van der Waals surface area contributed by atoms with Crippen molar-refractivity contribution in [3.63, 3.8) is 0 Å². The first-order chi connectivity index (χ1) is 8.84. The summed E-state index contributed by atoms with van der Waals surface area (Å²) in [6.45, 7) is 3.57. The Morgan fingerprint density at radius 2 is 2.11 bits per heavy atom. The van der Waals surface area contributed by atoms with Gasteiger partial charge in [-0.15, -0.1) is 11.3 Å². The Bertz CT molecular complexity index is 306. The van der Waals surface area contributed by atoms with Gasteiger partial charge >= 0.3 is 0 Å². The second-order valence-corrected chi connectivity index (χ2v) is 6.49. The highest BCUT2D eigenvalue weighted by molar-refractivity contribution is 7.09. The van der Waals surface area contributed by atoms with Crippen LogP contribution in [-0.2, 0) is 6.54 Å². The molecule has 0 radical (unpaired) electrons. The van der Waals surface area contributed by atoms with Crippen LogP contribution in [0.2, 0.25) is 0 Å². The van der Waals surface area contributed by atoms with E-state index in [2.05, 4.69) is 34.8 Å². The normalized spacial score (nSPS) is 15.4. The Kier molecular flexibility index (Phi) is 6.18. The Balaban J connectivity index is 1.39. The minimum atomic E-state index is 0.877. The fourth-order valence-corrected chi connectivity index (χ4v) is 2.99. The summed E-state index contributed by atoms with van der Waals surface area (Å²) in [6.07, 6.45) is 8.27. The molecule has 1 aromatic heterocycles. The molecular formula is C15H26N2S. The quantitative estimate of drug-likeness (QED) is 0.652. The molecule has 2 rings (SSSR count). The van der Waals surface area contributed by atoms with Crippen LogP contribution < -0.4 is 5.32 Å². The SMILES string of the molecule is CN(CCCCCCNC1CC1)Cc1cccs1. The van der Waals surface area contributed by atoms with E-state index in [1.165, 1.54) is 56.5 Å². The maximum Gasteiger partial charge on any atom is 0.0324 e. The molecule has 0 spiro atoms. The molecule has 1 aliphatic rings. The summed E-state index contributed by atoms with van der Waals surface area (Å²) in [5.74, 6) is 0. The molecule has 0 unspecified atom stereocenters. The lowest BCUT2D eigenvalue weighted by molar-refractivity contribution is 0.319. The average molecular weight is 266 g/mol. The largest absolute Gasteiger partial charge is 0.314 e.